The number of alkyl carbamates (subject to hydrolysis) is 1. The second kappa shape index (κ2) is 9.00. The third-order valence-electron chi connectivity index (χ3n) is 4.88. The predicted octanol–water partition coefficient (Wildman–Crippen LogP) is 2.97. The Morgan fingerprint density at radius 2 is 2.07 bits per heavy atom. The summed E-state index contributed by atoms with van der Waals surface area (Å²) in [6.45, 7) is 3.74. The van der Waals surface area contributed by atoms with Gasteiger partial charge in [0.25, 0.3) is 0 Å². The Labute approximate surface area is 174 Å². The highest BCUT2D eigenvalue weighted by Gasteiger charge is 2.30. The van der Waals surface area contributed by atoms with Gasteiger partial charge in [0.05, 0.1) is 10.6 Å². The van der Waals surface area contributed by atoms with Crippen molar-refractivity contribution in [2.24, 2.45) is 0 Å². The molecule has 2 unspecified atom stereocenters. The fourth-order valence-corrected chi connectivity index (χ4v) is 4.12. The van der Waals surface area contributed by atoms with Gasteiger partial charge in [-0.05, 0) is 58.4 Å². The number of benzene rings is 1. The van der Waals surface area contributed by atoms with Gasteiger partial charge in [-0.3, -0.25) is 5.10 Å². The molecule has 2 aromatic rings. The van der Waals surface area contributed by atoms with E-state index in [0.29, 0.717) is 12.2 Å². The zero-order valence-corrected chi connectivity index (χ0v) is 17.8. The Kier molecular flexibility index (Phi) is 6.61. The molecule has 3 rings (SSSR count). The van der Waals surface area contributed by atoms with E-state index < -0.39 is 21.9 Å². The van der Waals surface area contributed by atoms with E-state index in [2.05, 4.69) is 25.6 Å². The highest BCUT2D eigenvalue weighted by molar-refractivity contribution is 7.89. The van der Waals surface area contributed by atoms with Gasteiger partial charge in [0.2, 0.25) is 10.0 Å². The number of nitrogens with zero attached hydrogens (tertiary/aromatic N) is 1. The van der Waals surface area contributed by atoms with E-state index in [4.69, 9.17) is 4.74 Å². The Balaban J connectivity index is 1.61. The third-order valence-corrected chi connectivity index (χ3v) is 6.30. The number of rotatable bonds is 7. The van der Waals surface area contributed by atoms with Crippen LogP contribution in [0.4, 0.5) is 20.7 Å². The number of carbonyl (C=O) groups excluding carboxylic acids is 1. The largest absolute Gasteiger partial charge is 0.446 e. The van der Waals surface area contributed by atoms with Crippen molar-refractivity contribution in [2.45, 2.75) is 56.1 Å². The molecule has 1 aliphatic carbocycles. The molecule has 11 heteroatoms. The molecule has 0 saturated heterocycles. The van der Waals surface area contributed by atoms with Gasteiger partial charge in [-0.25, -0.2) is 22.3 Å². The number of anilines is 2. The van der Waals surface area contributed by atoms with Crippen LogP contribution in [0.1, 0.15) is 44.7 Å². The molecule has 2 atom stereocenters. The minimum Gasteiger partial charge on any atom is -0.446 e. The fraction of sp³-hybridized carbons (Fsp3) is 0.474. The van der Waals surface area contributed by atoms with Crippen molar-refractivity contribution in [2.75, 3.05) is 12.4 Å². The summed E-state index contributed by atoms with van der Waals surface area (Å²) in [5.74, 6) is -0.144. The van der Waals surface area contributed by atoms with Crippen molar-refractivity contribution in [3.05, 3.63) is 35.8 Å². The molecular formula is C19H26FN5O4S. The molecule has 164 valence electrons. The van der Waals surface area contributed by atoms with Crippen LogP contribution in [-0.2, 0) is 14.8 Å². The Morgan fingerprint density at radius 1 is 1.30 bits per heavy atom. The Morgan fingerprint density at radius 3 is 2.73 bits per heavy atom. The first-order valence-corrected chi connectivity index (χ1v) is 11.2. The second-order valence-corrected chi connectivity index (χ2v) is 9.41. The number of ether oxygens (including phenoxy) is 1. The number of H-pyrrole nitrogens is 1. The molecule has 0 bridgehead atoms. The summed E-state index contributed by atoms with van der Waals surface area (Å²) in [6, 6.07) is 5.40. The van der Waals surface area contributed by atoms with Crippen molar-refractivity contribution in [1.29, 1.82) is 0 Å². The molecule has 1 fully saturated rings. The van der Waals surface area contributed by atoms with E-state index in [9.17, 15) is 17.6 Å². The van der Waals surface area contributed by atoms with Crippen molar-refractivity contribution >= 4 is 27.6 Å². The average Bonchev–Trinajstić information content (AvgIpc) is 3.32. The molecule has 1 amide bonds. The number of hydrogen-bond acceptors (Lipinski definition) is 6. The number of aromatic nitrogens is 2. The van der Waals surface area contributed by atoms with E-state index in [1.165, 1.54) is 19.2 Å². The van der Waals surface area contributed by atoms with Gasteiger partial charge >= 0.3 is 6.09 Å². The molecule has 1 aromatic carbocycles. The zero-order chi connectivity index (χ0) is 21.9. The Bertz CT molecular complexity index is 1010. The highest BCUT2D eigenvalue weighted by atomic mass is 32.2. The summed E-state index contributed by atoms with van der Waals surface area (Å²) < 4.78 is 45.4. The molecule has 1 heterocycles. The molecule has 0 radical (unpaired) electrons. The monoisotopic (exact) mass is 439 g/mol. The molecule has 1 aromatic heterocycles. The maximum absolute atomic E-state index is 14.3. The van der Waals surface area contributed by atoms with Gasteiger partial charge < -0.3 is 15.4 Å². The van der Waals surface area contributed by atoms with Gasteiger partial charge in [0.1, 0.15) is 11.9 Å². The van der Waals surface area contributed by atoms with E-state index in [1.807, 2.05) is 13.8 Å². The topological polar surface area (TPSA) is 125 Å². The Hall–Kier alpha value is -2.66. The number of halogens is 1. The maximum atomic E-state index is 14.3. The van der Waals surface area contributed by atoms with E-state index in [0.717, 1.165) is 24.6 Å². The van der Waals surface area contributed by atoms with E-state index in [1.54, 1.807) is 6.07 Å². The highest BCUT2D eigenvalue weighted by Crippen LogP contribution is 2.36. The van der Waals surface area contributed by atoms with Crippen LogP contribution in [0.2, 0.25) is 0 Å². The number of nitrogens with one attached hydrogen (secondary N) is 4. The van der Waals surface area contributed by atoms with Gasteiger partial charge in [0.15, 0.2) is 5.82 Å². The summed E-state index contributed by atoms with van der Waals surface area (Å²) in [6.07, 6.45) is 1.70. The number of sulfonamides is 1. The third kappa shape index (κ3) is 5.28. The van der Waals surface area contributed by atoms with Gasteiger partial charge in [0, 0.05) is 23.7 Å². The van der Waals surface area contributed by atoms with Crippen molar-refractivity contribution in [3.63, 3.8) is 0 Å². The molecule has 1 saturated carbocycles. The number of hydrogen-bond donors (Lipinski definition) is 4. The summed E-state index contributed by atoms with van der Waals surface area (Å²) in [7, 11) is -2.45. The minimum atomic E-state index is -3.72. The molecule has 9 nitrogen and oxygen atoms in total. The number of carbonyl (C=O) groups is 1. The van der Waals surface area contributed by atoms with Crippen LogP contribution < -0.4 is 15.4 Å². The average molecular weight is 440 g/mol. The first kappa shape index (κ1) is 22.0. The van der Waals surface area contributed by atoms with Crippen LogP contribution in [0.25, 0.3) is 0 Å². The first-order chi connectivity index (χ1) is 14.2. The zero-order valence-electron chi connectivity index (χ0n) is 17.0. The molecule has 4 N–H and O–H groups in total. The SMILES string of the molecule is CNS(=O)(=O)c1ccc(Nc2cc(C3CCC(OC(=O)NC(C)C)C3)[nH]n2)c(F)c1. The van der Waals surface area contributed by atoms with Crippen LogP contribution in [-0.4, -0.2) is 43.9 Å². The minimum absolute atomic E-state index is 0.0174. The summed E-state index contributed by atoms with van der Waals surface area (Å²) >= 11 is 0. The van der Waals surface area contributed by atoms with Crippen molar-refractivity contribution in [3.8, 4) is 0 Å². The smallest absolute Gasteiger partial charge is 0.407 e. The van der Waals surface area contributed by atoms with Crippen molar-refractivity contribution < 1.29 is 22.3 Å². The molecule has 0 aliphatic heterocycles. The molecular weight excluding hydrogens is 413 g/mol. The lowest BCUT2D eigenvalue weighted by atomic mass is 10.0. The predicted molar refractivity (Wildman–Crippen MR) is 110 cm³/mol. The quantitative estimate of drug-likeness (QED) is 0.526. The second-order valence-electron chi connectivity index (χ2n) is 7.52. The lowest BCUT2D eigenvalue weighted by Crippen LogP contribution is -2.33. The van der Waals surface area contributed by atoms with Crippen LogP contribution in [0, 0.1) is 5.82 Å². The standard InChI is InChI=1S/C19H26FN5O4S/c1-11(2)22-19(26)29-13-5-4-12(8-13)17-10-18(25-24-17)23-16-7-6-14(9-15(16)20)30(27,28)21-3/h6-7,9-13,21H,4-5,8H2,1-3H3,(H,22,26)(H2,23,24,25). The lowest BCUT2D eigenvalue weighted by molar-refractivity contribution is 0.0981. The summed E-state index contributed by atoms with van der Waals surface area (Å²) in [5, 5.41) is 12.7. The van der Waals surface area contributed by atoms with Crippen LogP contribution in [0.5, 0.6) is 0 Å². The molecule has 1 aliphatic rings. The van der Waals surface area contributed by atoms with Crippen LogP contribution in [0.3, 0.4) is 0 Å². The maximum Gasteiger partial charge on any atom is 0.407 e. The summed E-state index contributed by atoms with van der Waals surface area (Å²) in [4.78, 5) is 11.6. The molecule has 0 spiro atoms. The number of amides is 1. The lowest BCUT2D eigenvalue weighted by Gasteiger charge is -2.14. The fourth-order valence-electron chi connectivity index (χ4n) is 3.38. The van der Waals surface area contributed by atoms with Gasteiger partial charge in [-0.2, -0.15) is 5.10 Å². The molecule has 30 heavy (non-hydrogen) atoms. The van der Waals surface area contributed by atoms with Crippen molar-refractivity contribution in [1.82, 2.24) is 20.2 Å². The van der Waals surface area contributed by atoms with E-state index in [-0.39, 0.29) is 28.6 Å². The van der Waals surface area contributed by atoms with E-state index >= 15 is 0 Å². The van der Waals surface area contributed by atoms with Gasteiger partial charge in [-0.15, -0.1) is 0 Å². The van der Waals surface area contributed by atoms with Gasteiger partial charge in [-0.1, -0.05) is 0 Å². The summed E-state index contributed by atoms with van der Waals surface area (Å²) in [5.41, 5.74) is 0.976. The van der Waals surface area contributed by atoms with Crippen LogP contribution >= 0.6 is 0 Å². The van der Waals surface area contributed by atoms with Crippen LogP contribution in [0.15, 0.2) is 29.2 Å². The number of aromatic amines is 1. The normalized spacial score (nSPS) is 19.1. The first-order valence-electron chi connectivity index (χ1n) is 9.70.